The molecule has 0 aliphatic carbocycles. The summed E-state index contributed by atoms with van der Waals surface area (Å²) in [5, 5.41) is 8.17. The second-order valence-corrected chi connectivity index (χ2v) is 7.87. The molecule has 1 heterocycles. The fourth-order valence-electron chi connectivity index (χ4n) is 3.48. The number of benzene rings is 3. The fourth-order valence-corrected chi connectivity index (χ4v) is 3.48. The number of hydrogen-bond acceptors (Lipinski definition) is 4. The van der Waals surface area contributed by atoms with E-state index in [0.717, 1.165) is 16.7 Å². The van der Waals surface area contributed by atoms with Gasteiger partial charge in [-0.3, -0.25) is 14.4 Å². The van der Waals surface area contributed by atoms with E-state index in [1.165, 1.54) is 0 Å². The van der Waals surface area contributed by atoms with Crippen molar-refractivity contribution >= 4 is 17.7 Å². The minimum absolute atomic E-state index is 0.150. The summed E-state index contributed by atoms with van der Waals surface area (Å²) in [5.41, 5.74) is 3.81. The number of hydrogen-bond donors (Lipinski definition) is 3. The topological polar surface area (TPSA) is 100 Å². The molecule has 0 aliphatic heterocycles. The van der Waals surface area contributed by atoms with E-state index >= 15 is 0 Å². The summed E-state index contributed by atoms with van der Waals surface area (Å²) in [6.45, 7) is 0.379. The Bertz CT molecular complexity index is 1280. The van der Waals surface area contributed by atoms with E-state index in [1.807, 2.05) is 48.5 Å². The van der Waals surface area contributed by atoms with Crippen molar-refractivity contribution in [2.75, 3.05) is 6.54 Å². The molecular weight excluding hydrogens is 442 g/mol. The highest BCUT2D eigenvalue weighted by Crippen LogP contribution is 2.19. The maximum Gasteiger partial charge on any atom is 0.251 e. The molecule has 1 aromatic heterocycles. The zero-order valence-corrected chi connectivity index (χ0v) is 19.0. The second kappa shape index (κ2) is 11.5. The monoisotopic (exact) mass is 467 g/mol. The summed E-state index contributed by atoms with van der Waals surface area (Å²) in [6, 6.07) is 27.6. The highest BCUT2D eigenvalue weighted by molar-refractivity contribution is 5.97. The largest absolute Gasteiger partial charge is 0.467 e. The highest BCUT2D eigenvalue weighted by Gasteiger charge is 2.10. The quantitative estimate of drug-likeness (QED) is 0.347. The zero-order valence-electron chi connectivity index (χ0n) is 19.0. The van der Waals surface area contributed by atoms with Crippen LogP contribution in [-0.2, 0) is 17.9 Å². The molecule has 0 unspecified atom stereocenters. The molecule has 0 bridgehead atoms. The minimum atomic E-state index is -0.327. The van der Waals surface area contributed by atoms with Crippen LogP contribution in [0.5, 0.6) is 0 Å². The number of rotatable bonds is 9. The molecule has 7 nitrogen and oxygen atoms in total. The van der Waals surface area contributed by atoms with Crippen LogP contribution in [0.3, 0.4) is 0 Å². The molecule has 35 heavy (non-hydrogen) atoms. The van der Waals surface area contributed by atoms with Gasteiger partial charge >= 0.3 is 0 Å². The highest BCUT2D eigenvalue weighted by atomic mass is 16.3. The van der Waals surface area contributed by atoms with Gasteiger partial charge in [0.05, 0.1) is 19.4 Å². The van der Waals surface area contributed by atoms with Crippen LogP contribution in [0.2, 0.25) is 0 Å². The lowest BCUT2D eigenvalue weighted by atomic mass is 10.0. The Kier molecular flexibility index (Phi) is 7.70. The molecule has 3 aromatic carbocycles. The van der Waals surface area contributed by atoms with Gasteiger partial charge in [0.2, 0.25) is 5.91 Å². The molecule has 3 amide bonds. The van der Waals surface area contributed by atoms with E-state index in [9.17, 15) is 14.4 Å². The van der Waals surface area contributed by atoms with Crippen molar-refractivity contribution in [2.45, 2.75) is 13.1 Å². The van der Waals surface area contributed by atoms with Gasteiger partial charge in [-0.05, 0) is 53.1 Å². The van der Waals surface area contributed by atoms with E-state index in [0.29, 0.717) is 23.4 Å². The first-order valence-corrected chi connectivity index (χ1v) is 11.2. The standard InChI is InChI=1S/C28H25N3O4/c32-26(19-31-27(33)23-13-11-22(12-14-23)21-7-2-1-3-8-21)29-17-20-6-4-9-24(16-20)28(34)30-18-25-10-5-15-35-25/h1-16H,17-19H2,(H,29,32)(H,30,34)(H,31,33). The van der Waals surface area contributed by atoms with Crippen molar-refractivity contribution < 1.29 is 18.8 Å². The molecular formula is C28H25N3O4. The summed E-state index contributed by atoms with van der Waals surface area (Å²) < 4.78 is 5.21. The van der Waals surface area contributed by atoms with Crippen LogP contribution in [0.1, 0.15) is 32.0 Å². The number of nitrogens with one attached hydrogen (secondary N) is 3. The van der Waals surface area contributed by atoms with Gasteiger partial charge in [-0.15, -0.1) is 0 Å². The maximum atomic E-state index is 12.4. The SMILES string of the molecule is O=C(CNC(=O)c1ccc(-c2ccccc2)cc1)NCc1cccc(C(=O)NCc2ccco2)c1. The third-order valence-corrected chi connectivity index (χ3v) is 5.35. The Hall–Kier alpha value is -4.65. The first-order chi connectivity index (χ1) is 17.1. The van der Waals surface area contributed by atoms with Crippen molar-refractivity contribution in [1.82, 2.24) is 16.0 Å². The molecule has 4 aromatic rings. The van der Waals surface area contributed by atoms with Crippen LogP contribution in [0.25, 0.3) is 11.1 Å². The summed E-state index contributed by atoms with van der Waals surface area (Å²) in [7, 11) is 0. The van der Waals surface area contributed by atoms with E-state index in [1.54, 1.807) is 48.7 Å². The normalized spacial score (nSPS) is 10.4. The summed E-state index contributed by atoms with van der Waals surface area (Å²) in [4.78, 5) is 37.0. The number of carbonyl (C=O) groups is 3. The van der Waals surface area contributed by atoms with Gasteiger partial charge in [-0.1, -0.05) is 54.6 Å². The van der Waals surface area contributed by atoms with Crippen molar-refractivity contribution in [3.8, 4) is 11.1 Å². The fraction of sp³-hybridized carbons (Fsp3) is 0.107. The van der Waals surface area contributed by atoms with Gasteiger partial charge in [0.25, 0.3) is 11.8 Å². The van der Waals surface area contributed by atoms with Crippen LogP contribution in [0.15, 0.2) is 102 Å². The van der Waals surface area contributed by atoms with Crippen molar-refractivity contribution in [1.29, 1.82) is 0 Å². The predicted molar refractivity (Wildman–Crippen MR) is 132 cm³/mol. The summed E-state index contributed by atoms with van der Waals surface area (Å²) in [6.07, 6.45) is 1.55. The molecule has 0 aliphatic rings. The van der Waals surface area contributed by atoms with Crippen LogP contribution >= 0.6 is 0 Å². The molecule has 4 rings (SSSR count). The molecule has 0 atom stereocenters. The first-order valence-electron chi connectivity index (χ1n) is 11.2. The second-order valence-electron chi connectivity index (χ2n) is 7.87. The lowest BCUT2D eigenvalue weighted by Gasteiger charge is -2.09. The molecule has 176 valence electrons. The van der Waals surface area contributed by atoms with Gasteiger partial charge in [0, 0.05) is 17.7 Å². The lowest BCUT2D eigenvalue weighted by molar-refractivity contribution is -0.120. The average molecular weight is 468 g/mol. The van der Waals surface area contributed by atoms with E-state index in [2.05, 4.69) is 16.0 Å². The van der Waals surface area contributed by atoms with Crippen molar-refractivity contribution in [3.05, 3.63) is 120 Å². The Morgan fingerprint density at radius 2 is 1.37 bits per heavy atom. The smallest absolute Gasteiger partial charge is 0.251 e. The molecule has 3 N–H and O–H groups in total. The van der Waals surface area contributed by atoms with E-state index in [4.69, 9.17) is 4.42 Å². The summed E-state index contributed by atoms with van der Waals surface area (Å²) >= 11 is 0. The molecule has 0 spiro atoms. The molecule has 7 heteroatoms. The molecule has 0 saturated carbocycles. The van der Waals surface area contributed by atoms with Gasteiger partial charge in [-0.2, -0.15) is 0 Å². The van der Waals surface area contributed by atoms with Gasteiger partial charge < -0.3 is 20.4 Å². The van der Waals surface area contributed by atoms with Gasteiger partial charge in [-0.25, -0.2) is 0 Å². The third-order valence-electron chi connectivity index (χ3n) is 5.35. The van der Waals surface area contributed by atoms with Gasteiger partial charge in [0.15, 0.2) is 0 Å². The zero-order chi connectivity index (χ0) is 24.5. The molecule has 0 saturated heterocycles. The average Bonchev–Trinajstić information content (AvgIpc) is 3.44. The van der Waals surface area contributed by atoms with Gasteiger partial charge in [0.1, 0.15) is 5.76 Å². The van der Waals surface area contributed by atoms with Crippen molar-refractivity contribution in [3.63, 3.8) is 0 Å². The lowest BCUT2D eigenvalue weighted by Crippen LogP contribution is -2.36. The molecule has 0 fully saturated rings. The third kappa shape index (κ3) is 6.68. The van der Waals surface area contributed by atoms with Crippen molar-refractivity contribution in [2.24, 2.45) is 0 Å². The van der Waals surface area contributed by atoms with Crippen LogP contribution in [0, 0.1) is 0 Å². The first kappa shape index (κ1) is 23.5. The summed E-state index contributed by atoms with van der Waals surface area (Å²) in [5.74, 6) is -0.224. The minimum Gasteiger partial charge on any atom is -0.467 e. The number of furan rings is 1. The molecule has 0 radical (unpaired) electrons. The predicted octanol–water partition coefficient (Wildman–Crippen LogP) is 3.92. The Balaban J connectivity index is 1.23. The van der Waals surface area contributed by atoms with Crippen LogP contribution < -0.4 is 16.0 Å². The van der Waals surface area contributed by atoms with Crippen LogP contribution in [-0.4, -0.2) is 24.3 Å². The Morgan fingerprint density at radius 1 is 0.629 bits per heavy atom. The Labute approximate surface area is 203 Å². The number of amides is 3. The van der Waals surface area contributed by atoms with E-state index < -0.39 is 0 Å². The number of carbonyl (C=O) groups excluding carboxylic acids is 3. The maximum absolute atomic E-state index is 12.4. The van der Waals surface area contributed by atoms with Crippen LogP contribution in [0.4, 0.5) is 0 Å². The van der Waals surface area contributed by atoms with E-state index in [-0.39, 0.29) is 30.8 Å². The Morgan fingerprint density at radius 3 is 2.11 bits per heavy atom.